The van der Waals surface area contributed by atoms with Gasteiger partial charge < -0.3 is 14.0 Å². The van der Waals surface area contributed by atoms with Gasteiger partial charge in [-0.1, -0.05) is 35.5 Å². The highest BCUT2D eigenvalue weighted by Crippen LogP contribution is 2.28. The van der Waals surface area contributed by atoms with E-state index in [0.29, 0.717) is 23.5 Å². The number of aromatic nitrogens is 1. The maximum absolute atomic E-state index is 9.70. The highest BCUT2D eigenvalue weighted by Gasteiger charge is 2.14. The minimum absolute atomic E-state index is 0.439. The van der Waals surface area contributed by atoms with Crippen molar-refractivity contribution in [3.05, 3.63) is 59.8 Å². The van der Waals surface area contributed by atoms with Crippen molar-refractivity contribution in [2.75, 3.05) is 39.5 Å². The number of para-hydroxylation sites is 2. The molecule has 1 fully saturated rings. The maximum Gasteiger partial charge on any atom is 0.167 e. The Bertz CT molecular complexity index is 1010. The SMILES string of the molecule is N#C/C(=C\c1ccccc1OCCN1CCOCC1)c1noc2ccccc12. The van der Waals surface area contributed by atoms with E-state index in [1.165, 1.54) is 0 Å². The Morgan fingerprint density at radius 1 is 1.14 bits per heavy atom. The summed E-state index contributed by atoms with van der Waals surface area (Å²) in [7, 11) is 0. The number of rotatable bonds is 6. The first-order valence-electron chi connectivity index (χ1n) is 9.33. The topological polar surface area (TPSA) is 71.5 Å². The monoisotopic (exact) mass is 375 g/mol. The lowest BCUT2D eigenvalue weighted by atomic mass is 10.1. The molecule has 0 aliphatic carbocycles. The van der Waals surface area contributed by atoms with Crippen molar-refractivity contribution in [2.45, 2.75) is 0 Å². The first-order valence-corrected chi connectivity index (χ1v) is 9.33. The first-order chi connectivity index (χ1) is 13.8. The molecule has 6 nitrogen and oxygen atoms in total. The fraction of sp³-hybridized carbons (Fsp3) is 0.273. The van der Waals surface area contributed by atoms with E-state index in [1.54, 1.807) is 6.08 Å². The van der Waals surface area contributed by atoms with Crippen LogP contribution >= 0.6 is 0 Å². The van der Waals surface area contributed by atoms with Crippen molar-refractivity contribution >= 4 is 22.6 Å². The van der Waals surface area contributed by atoms with Gasteiger partial charge in [0.2, 0.25) is 0 Å². The van der Waals surface area contributed by atoms with Gasteiger partial charge in [-0.05, 0) is 24.3 Å². The van der Waals surface area contributed by atoms with Crippen LogP contribution in [0, 0.1) is 11.3 Å². The molecule has 28 heavy (non-hydrogen) atoms. The predicted molar refractivity (Wildman–Crippen MR) is 107 cm³/mol. The van der Waals surface area contributed by atoms with Crippen molar-refractivity contribution < 1.29 is 14.0 Å². The zero-order valence-corrected chi connectivity index (χ0v) is 15.5. The number of nitriles is 1. The zero-order valence-electron chi connectivity index (χ0n) is 15.5. The van der Waals surface area contributed by atoms with Gasteiger partial charge in [0, 0.05) is 25.2 Å². The molecule has 6 heteroatoms. The average Bonchev–Trinajstić information content (AvgIpc) is 3.18. The van der Waals surface area contributed by atoms with Crippen LogP contribution in [0.15, 0.2) is 53.1 Å². The molecule has 0 saturated carbocycles. The van der Waals surface area contributed by atoms with Gasteiger partial charge in [0.1, 0.15) is 24.1 Å². The molecular weight excluding hydrogens is 354 g/mol. The van der Waals surface area contributed by atoms with Crippen molar-refractivity contribution in [1.29, 1.82) is 5.26 Å². The molecular formula is C22H21N3O3. The lowest BCUT2D eigenvalue weighted by molar-refractivity contribution is 0.0322. The van der Waals surface area contributed by atoms with Crippen LogP contribution in [0.2, 0.25) is 0 Å². The normalized spacial score (nSPS) is 15.5. The Hall–Kier alpha value is -3.14. The largest absolute Gasteiger partial charge is 0.492 e. The summed E-state index contributed by atoms with van der Waals surface area (Å²) in [6.07, 6.45) is 1.80. The van der Waals surface area contributed by atoms with Gasteiger partial charge in [-0.15, -0.1) is 0 Å². The van der Waals surface area contributed by atoms with Crippen LogP contribution in [0.5, 0.6) is 5.75 Å². The van der Waals surface area contributed by atoms with Crippen LogP contribution < -0.4 is 4.74 Å². The summed E-state index contributed by atoms with van der Waals surface area (Å²) in [4.78, 5) is 2.32. The molecule has 0 N–H and O–H groups in total. The number of benzene rings is 2. The third kappa shape index (κ3) is 4.06. The van der Waals surface area contributed by atoms with Crippen molar-refractivity contribution in [1.82, 2.24) is 10.1 Å². The smallest absolute Gasteiger partial charge is 0.167 e. The molecule has 0 unspecified atom stereocenters. The fourth-order valence-corrected chi connectivity index (χ4v) is 3.23. The summed E-state index contributed by atoms with van der Waals surface area (Å²) >= 11 is 0. The number of hydrogen-bond donors (Lipinski definition) is 0. The second-order valence-electron chi connectivity index (χ2n) is 6.54. The molecule has 142 valence electrons. The van der Waals surface area contributed by atoms with Crippen LogP contribution in [0.25, 0.3) is 22.6 Å². The van der Waals surface area contributed by atoms with Crippen molar-refractivity contribution in [2.24, 2.45) is 0 Å². The Balaban J connectivity index is 1.54. The minimum atomic E-state index is 0.439. The van der Waals surface area contributed by atoms with E-state index in [2.05, 4.69) is 16.1 Å². The molecule has 2 aromatic carbocycles. The molecule has 4 rings (SSSR count). The molecule has 0 bridgehead atoms. The third-order valence-electron chi connectivity index (χ3n) is 4.74. The summed E-state index contributed by atoms with van der Waals surface area (Å²) in [6.45, 7) is 4.85. The maximum atomic E-state index is 9.70. The standard InChI is InChI=1S/C22H21N3O3/c23-16-18(22-19-6-2-4-8-21(19)28-24-22)15-17-5-1-3-7-20(17)27-14-11-25-9-12-26-13-10-25/h1-8,15H,9-14H2/b18-15+. The van der Waals surface area contributed by atoms with E-state index < -0.39 is 0 Å². The number of nitrogens with zero attached hydrogens (tertiary/aromatic N) is 3. The second-order valence-corrected chi connectivity index (χ2v) is 6.54. The molecule has 0 spiro atoms. The van der Waals surface area contributed by atoms with Crippen molar-refractivity contribution in [3.8, 4) is 11.8 Å². The molecule has 0 atom stereocenters. The van der Waals surface area contributed by atoms with E-state index in [4.69, 9.17) is 14.0 Å². The minimum Gasteiger partial charge on any atom is -0.492 e. The average molecular weight is 375 g/mol. The number of ether oxygens (including phenoxy) is 2. The van der Waals surface area contributed by atoms with Gasteiger partial charge in [0.25, 0.3) is 0 Å². The summed E-state index contributed by atoms with van der Waals surface area (Å²) in [5.74, 6) is 0.747. The lowest BCUT2D eigenvalue weighted by Crippen LogP contribution is -2.38. The summed E-state index contributed by atoms with van der Waals surface area (Å²) in [5, 5.41) is 14.6. The van der Waals surface area contributed by atoms with E-state index in [1.807, 2.05) is 48.5 Å². The second kappa shape index (κ2) is 8.70. The quantitative estimate of drug-likeness (QED) is 0.613. The van der Waals surface area contributed by atoms with Gasteiger partial charge in [-0.3, -0.25) is 4.90 Å². The van der Waals surface area contributed by atoms with E-state index in [-0.39, 0.29) is 0 Å². The Morgan fingerprint density at radius 2 is 1.93 bits per heavy atom. The van der Waals surface area contributed by atoms with Crippen LogP contribution in [0.4, 0.5) is 0 Å². The molecule has 2 heterocycles. The summed E-state index contributed by atoms with van der Waals surface area (Å²) in [6, 6.07) is 17.5. The first kappa shape index (κ1) is 18.2. The van der Waals surface area contributed by atoms with Crippen molar-refractivity contribution in [3.63, 3.8) is 0 Å². The molecule has 3 aromatic rings. The Kier molecular flexibility index (Phi) is 5.66. The van der Waals surface area contributed by atoms with Gasteiger partial charge in [-0.25, -0.2) is 0 Å². The molecule has 1 aliphatic heterocycles. The zero-order chi connectivity index (χ0) is 19.2. The molecule has 0 radical (unpaired) electrons. The van der Waals surface area contributed by atoms with Gasteiger partial charge in [0.05, 0.1) is 24.2 Å². The molecule has 0 amide bonds. The highest BCUT2D eigenvalue weighted by molar-refractivity contribution is 5.99. The number of hydrogen-bond acceptors (Lipinski definition) is 6. The fourth-order valence-electron chi connectivity index (χ4n) is 3.23. The van der Waals surface area contributed by atoms with Crippen LogP contribution in [-0.4, -0.2) is 49.5 Å². The molecule has 1 aromatic heterocycles. The van der Waals surface area contributed by atoms with Gasteiger partial charge >= 0.3 is 0 Å². The van der Waals surface area contributed by atoms with E-state index in [9.17, 15) is 5.26 Å². The summed E-state index contributed by atoms with van der Waals surface area (Å²) in [5.41, 5.74) is 2.48. The van der Waals surface area contributed by atoms with Gasteiger partial charge in [0.15, 0.2) is 5.58 Å². The van der Waals surface area contributed by atoms with Gasteiger partial charge in [-0.2, -0.15) is 5.26 Å². The lowest BCUT2D eigenvalue weighted by Gasteiger charge is -2.26. The van der Waals surface area contributed by atoms with Crippen LogP contribution in [0.1, 0.15) is 11.3 Å². The number of allylic oxidation sites excluding steroid dienone is 1. The van der Waals surface area contributed by atoms with Crippen LogP contribution in [0.3, 0.4) is 0 Å². The highest BCUT2D eigenvalue weighted by atomic mass is 16.5. The Labute approximate surface area is 163 Å². The van der Waals surface area contributed by atoms with Crippen LogP contribution in [-0.2, 0) is 4.74 Å². The summed E-state index contributed by atoms with van der Waals surface area (Å²) < 4.78 is 16.7. The molecule has 1 saturated heterocycles. The Morgan fingerprint density at radius 3 is 2.79 bits per heavy atom. The number of morpholine rings is 1. The third-order valence-corrected chi connectivity index (χ3v) is 4.74. The predicted octanol–water partition coefficient (Wildman–Crippen LogP) is 3.60. The number of fused-ring (bicyclic) bond motifs is 1. The molecule has 1 aliphatic rings. The van der Waals surface area contributed by atoms with E-state index >= 15 is 0 Å². The van der Waals surface area contributed by atoms with E-state index in [0.717, 1.165) is 49.5 Å².